The molecule has 2 unspecified atom stereocenters. The molecule has 1 amide bonds. The summed E-state index contributed by atoms with van der Waals surface area (Å²) < 4.78 is 14.0. The zero-order valence-electron chi connectivity index (χ0n) is 9.91. The van der Waals surface area contributed by atoms with Crippen LogP contribution in [0.5, 0.6) is 0 Å². The minimum atomic E-state index is -1.06. The van der Waals surface area contributed by atoms with E-state index in [0.717, 1.165) is 0 Å². The number of hydrogen-bond acceptors (Lipinski definition) is 2. The number of nitrogens with one attached hydrogen (secondary N) is 1. The van der Waals surface area contributed by atoms with E-state index in [0.29, 0.717) is 4.47 Å². The summed E-state index contributed by atoms with van der Waals surface area (Å²) in [5, 5.41) is 11.2. The molecule has 1 aromatic rings. The zero-order chi connectivity index (χ0) is 13.9. The van der Waals surface area contributed by atoms with Crippen molar-refractivity contribution < 1.29 is 19.1 Å². The molecule has 0 aromatic heterocycles. The Bertz CT molecular complexity index is 478. The molecule has 0 heterocycles. The van der Waals surface area contributed by atoms with Crippen molar-refractivity contribution in [3.8, 4) is 0 Å². The summed E-state index contributed by atoms with van der Waals surface area (Å²) in [7, 11) is 0. The Morgan fingerprint density at radius 1 is 1.33 bits per heavy atom. The van der Waals surface area contributed by atoms with Crippen LogP contribution in [0, 0.1) is 17.7 Å². The number of halogens is 2. The summed E-state index contributed by atoms with van der Waals surface area (Å²) in [6.07, 6.45) is 0. The van der Waals surface area contributed by atoms with Crippen LogP contribution in [-0.2, 0) is 9.59 Å². The van der Waals surface area contributed by atoms with Crippen molar-refractivity contribution in [3.05, 3.63) is 28.5 Å². The van der Waals surface area contributed by atoms with Gasteiger partial charge in [-0.25, -0.2) is 4.39 Å². The second-order valence-corrected chi connectivity index (χ2v) is 4.94. The Kier molecular flexibility index (Phi) is 4.84. The minimum absolute atomic E-state index is 0.0267. The third kappa shape index (κ3) is 3.53. The van der Waals surface area contributed by atoms with Crippen LogP contribution >= 0.6 is 15.9 Å². The van der Waals surface area contributed by atoms with Gasteiger partial charge < -0.3 is 10.4 Å². The van der Waals surface area contributed by atoms with Crippen LogP contribution in [0.4, 0.5) is 10.1 Å². The number of rotatable bonds is 4. The number of anilines is 1. The van der Waals surface area contributed by atoms with Gasteiger partial charge in [0.05, 0.1) is 11.6 Å². The van der Waals surface area contributed by atoms with Gasteiger partial charge in [0.25, 0.3) is 0 Å². The lowest BCUT2D eigenvalue weighted by atomic mass is 9.95. The fourth-order valence-corrected chi connectivity index (χ4v) is 1.64. The molecule has 0 aliphatic heterocycles. The summed E-state index contributed by atoms with van der Waals surface area (Å²) in [4.78, 5) is 22.5. The van der Waals surface area contributed by atoms with E-state index in [4.69, 9.17) is 5.11 Å². The van der Waals surface area contributed by atoms with E-state index in [9.17, 15) is 14.0 Å². The zero-order valence-corrected chi connectivity index (χ0v) is 11.5. The molecule has 98 valence electrons. The molecule has 6 heteroatoms. The molecule has 4 nitrogen and oxygen atoms in total. The highest BCUT2D eigenvalue weighted by atomic mass is 79.9. The number of aliphatic carboxylic acids is 1. The number of amides is 1. The predicted molar refractivity (Wildman–Crippen MR) is 68.7 cm³/mol. The van der Waals surface area contributed by atoms with E-state index in [1.807, 2.05) is 0 Å². The smallest absolute Gasteiger partial charge is 0.307 e. The average Bonchev–Trinajstić information content (AvgIpc) is 2.31. The SMILES string of the molecule is CC(C(=O)O)C(C)C(=O)Nc1cc(Br)ccc1F. The molecule has 0 spiro atoms. The van der Waals surface area contributed by atoms with Gasteiger partial charge >= 0.3 is 5.97 Å². The number of carbonyl (C=O) groups excluding carboxylic acids is 1. The number of carboxylic acids is 1. The highest BCUT2D eigenvalue weighted by Gasteiger charge is 2.26. The third-order valence-electron chi connectivity index (χ3n) is 2.74. The molecule has 0 aliphatic carbocycles. The molecule has 1 aromatic carbocycles. The highest BCUT2D eigenvalue weighted by molar-refractivity contribution is 9.10. The van der Waals surface area contributed by atoms with Gasteiger partial charge in [-0.15, -0.1) is 0 Å². The molecule has 0 bridgehead atoms. The van der Waals surface area contributed by atoms with Gasteiger partial charge in [0.1, 0.15) is 5.82 Å². The second kappa shape index (κ2) is 5.95. The van der Waals surface area contributed by atoms with Gasteiger partial charge in [0.15, 0.2) is 0 Å². The third-order valence-corrected chi connectivity index (χ3v) is 3.23. The van der Waals surface area contributed by atoms with Crippen LogP contribution in [0.1, 0.15) is 13.8 Å². The maximum Gasteiger partial charge on any atom is 0.307 e. The maximum absolute atomic E-state index is 13.4. The molecule has 0 radical (unpaired) electrons. The summed E-state index contributed by atoms with van der Waals surface area (Å²) >= 11 is 3.16. The van der Waals surface area contributed by atoms with Crippen molar-refractivity contribution in [2.75, 3.05) is 5.32 Å². The fraction of sp³-hybridized carbons (Fsp3) is 0.333. The summed E-state index contributed by atoms with van der Waals surface area (Å²) in [6.45, 7) is 2.92. The van der Waals surface area contributed by atoms with Crippen molar-refractivity contribution in [1.29, 1.82) is 0 Å². The summed E-state index contributed by atoms with van der Waals surface area (Å²) in [5.74, 6) is -3.74. The Balaban J connectivity index is 2.81. The Morgan fingerprint density at radius 2 is 1.94 bits per heavy atom. The monoisotopic (exact) mass is 317 g/mol. The first-order valence-electron chi connectivity index (χ1n) is 5.31. The van der Waals surface area contributed by atoms with Crippen molar-refractivity contribution in [2.45, 2.75) is 13.8 Å². The molecule has 2 atom stereocenters. The largest absolute Gasteiger partial charge is 0.481 e. The number of benzene rings is 1. The van der Waals surface area contributed by atoms with E-state index >= 15 is 0 Å². The summed E-state index contributed by atoms with van der Waals surface area (Å²) in [5.41, 5.74) is 0.0267. The predicted octanol–water partition coefficient (Wildman–Crippen LogP) is 2.88. The van der Waals surface area contributed by atoms with Crippen LogP contribution in [-0.4, -0.2) is 17.0 Å². The molecule has 0 saturated carbocycles. The standard InChI is InChI=1S/C12H13BrFNO3/c1-6(7(2)12(17)18)11(16)15-10-5-8(13)3-4-9(10)14/h3-7H,1-2H3,(H,15,16)(H,17,18). The fourth-order valence-electron chi connectivity index (χ4n) is 1.28. The first kappa shape index (κ1) is 14.6. The van der Waals surface area contributed by atoms with Crippen LogP contribution in [0.25, 0.3) is 0 Å². The van der Waals surface area contributed by atoms with Crippen molar-refractivity contribution in [2.24, 2.45) is 11.8 Å². The van der Waals surface area contributed by atoms with Gasteiger partial charge in [-0.1, -0.05) is 29.8 Å². The lowest BCUT2D eigenvalue weighted by molar-refractivity contribution is -0.145. The first-order chi connectivity index (χ1) is 8.32. The van der Waals surface area contributed by atoms with Gasteiger partial charge in [-0.05, 0) is 18.2 Å². The van der Waals surface area contributed by atoms with Gasteiger partial charge in [0, 0.05) is 10.4 Å². The second-order valence-electron chi connectivity index (χ2n) is 4.03. The van der Waals surface area contributed by atoms with Crippen LogP contribution < -0.4 is 5.32 Å². The Morgan fingerprint density at radius 3 is 2.50 bits per heavy atom. The quantitative estimate of drug-likeness (QED) is 0.897. The summed E-state index contributed by atoms with van der Waals surface area (Å²) in [6, 6.07) is 4.14. The van der Waals surface area contributed by atoms with E-state index in [1.165, 1.54) is 32.0 Å². The molecule has 0 fully saturated rings. The lowest BCUT2D eigenvalue weighted by Crippen LogP contribution is -2.30. The van der Waals surface area contributed by atoms with Gasteiger partial charge in [-0.2, -0.15) is 0 Å². The molecule has 0 saturated heterocycles. The molecule has 2 N–H and O–H groups in total. The van der Waals surface area contributed by atoms with E-state index < -0.39 is 29.5 Å². The topological polar surface area (TPSA) is 66.4 Å². The van der Waals surface area contributed by atoms with Crippen LogP contribution in [0.3, 0.4) is 0 Å². The Hall–Kier alpha value is -1.43. The first-order valence-corrected chi connectivity index (χ1v) is 6.11. The van der Waals surface area contributed by atoms with Gasteiger partial charge in [0.2, 0.25) is 5.91 Å². The van der Waals surface area contributed by atoms with Crippen LogP contribution in [0.15, 0.2) is 22.7 Å². The normalized spacial score (nSPS) is 13.8. The maximum atomic E-state index is 13.4. The van der Waals surface area contributed by atoms with E-state index in [2.05, 4.69) is 21.2 Å². The molecular formula is C12H13BrFNO3. The minimum Gasteiger partial charge on any atom is -0.481 e. The number of carboxylic acid groups (broad SMARTS) is 1. The molecule has 1 rings (SSSR count). The Labute approximate surface area is 112 Å². The van der Waals surface area contributed by atoms with Crippen molar-refractivity contribution in [1.82, 2.24) is 0 Å². The number of carbonyl (C=O) groups is 2. The average molecular weight is 318 g/mol. The highest BCUT2D eigenvalue weighted by Crippen LogP contribution is 2.21. The lowest BCUT2D eigenvalue weighted by Gasteiger charge is -2.16. The van der Waals surface area contributed by atoms with Gasteiger partial charge in [-0.3, -0.25) is 9.59 Å². The molecule has 0 aliphatic rings. The number of hydrogen-bond donors (Lipinski definition) is 2. The molecule has 18 heavy (non-hydrogen) atoms. The molecular weight excluding hydrogens is 305 g/mol. The van der Waals surface area contributed by atoms with E-state index in [1.54, 1.807) is 0 Å². The van der Waals surface area contributed by atoms with Crippen LogP contribution in [0.2, 0.25) is 0 Å². The van der Waals surface area contributed by atoms with E-state index in [-0.39, 0.29) is 5.69 Å². The van der Waals surface area contributed by atoms with Crippen molar-refractivity contribution >= 4 is 33.5 Å². The van der Waals surface area contributed by atoms with Crippen molar-refractivity contribution in [3.63, 3.8) is 0 Å².